The molecule has 1 aliphatic rings. The van der Waals surface area contributed by atoms with Gasteiger partial charge in [0.15, 0.2) is 0 Å². The molecule has 206 valence electrons. The van der Waals surface area contributed by atoms with Crippen molar-refractivity contribution < 1.29 is 12.8 Å². The Morgan fingerprint density at radius 1 is 0.949 bits per heavy atom. The van der Waals surface area contributed by atoms with Crippen LogP contribution in [0, 0.1) is 6.92 Å². The number of benzene rings is 3. The molecule has 6 heteroatoms. The van der Waals surface area contributed by atoms with Crippen molar-refractivity contribution in [3.8, 4) is 0 Å². The van der Waals surface area contributed by atoms with Crippen molar-refractivity contribution >= 4 is 28.7 Å². The van der Waals surface area contributed by atoms with Gasteiger partial charge < -0.3 is 4.43 Å². The summed E-state index contributed by atoms with van der Waals surface area (Å²) in [7, 11) is -6.48. The molecule has 1 unspecified atom stereocenters. The lowest BCUT2D eigenvalue weighted by molar-refractivity contribution is 0.279. The topological polar surface area (TPSA) is 46.6 Å². The standard InChI is InChI=1S/C33H41NO3SSi/c1-6-25-34(38(35,36)29-23-21-27(2)22-24-29)32-20-14-13-15-28(32)26-37-39(33(3,4)5,30-16-9-7-10-17-30)31-18-11-8-12-19-31/h6-12,15-19,21-24,32H,1,13-14,20,25-26H2,2-5H3. The van der Waals surface area contributed by atoms with E-state index in [9.17, 15) is 8.42 Å². The molecule has 1 atom stereocenters. The highest BCUT2D eigenvalue weighted by Crippen LogP contribution is 2.38. The largest absolute Gasteiger partial charge is 0.403 e. The summed E-state index contributed by atoms with van der Waals surface area (Å²) in [5.74, 6) is 0. The van der Waals surface area contributed by atoms with Crippen LogP contribution in [-0.2, 0) is 14.4 Å². The molecule has 1 aliphatic carbocycles. The first-order valence-corrected chi connectivity index (χ1v) is 17.1. The first kappa shape index (κ1) is 29.2. The minimum atomic E-state index is -3.72. The second kappa shape index (κ2) is 12.2. The minimum Gasteiger partial charge on any atom is -0.403 e. The molecule has 0 N–H and O–H groups in total. The second-order valence-electron chi connectivity index (χ2n) is 11.4. The fourth-order valence-electron chi connectivity index (χ4n) is 5.72. The summed E-state index contributed by atoms with van der Waals surface area (Å²) in [5.41, 5.74) is 2.06. The summed E-state index contributed by atoms with van der Waals surface area (Å²) >= 11 is 0. The minimum absolute atomic E-state index is 0.158. The fraction of sp³-hybridized carbons (Fsp3) is 0.333. The van der Waals surface area contributed by atoms with E-state index in [0.717, 1.165) is 30.4 Å². The molecule has 0 spiro atoms. The van der Waals surface area contributed by atoms with Gasteiger partial charge >= 0.3 is 0 Å². The summed E-state index contributed by atoms with van der Waals surface area (Å²) < 4.78 is 36.6. The van der Waals surface area contributed by atoms with Gasteiger partial charge in [-0.05, 0) is 59.3 Å². The van der Waals surface area contributed by atoms with Crippen LogP contribution in [0.4, 0.5) is 0 Å². The van der Waals surface area contributed by atoms with Crippen LogP contribution in [0.15, 0.2) is 114 Å². The SMILES string of the molecule is C=CCN(C1CCCC=C1CO[Si](c1ccccc1)(c1ccccc1)C(C)(C)C)S(=O)(=O)c1ccc(C)cc1. The molecule has 0 bridgehead atoms. The Kier molecular flexibility index (Phi) is 9.12. The molecular formula is C33H41NO3SSi. The van der Waals surface area contributed by atoms with E-state index in [0.29, 0.717) is 11.5 Å². The number of hydrogen-bond donors (Lipinski definition) is 0. The van der Waals surface area contributed by atoms with Crippen LogP contribution in [0.5, 0.6) is 0 Å². The van der Waals surface area contributed by atoms with Gasteiger partial charge in [-0.25, -0.2) is 8.42 Å². The van der Waals surface area contributed by atoms with E-state index in [1.807, 2.05) is 31.2 Å². The molecule has 0 radical (unpaired) electrons. The Morgan fingerprint density at radius 3 is 2.03 bits per heavy atom. The third-order valence-corrected chi connectivity index (χ3v) is 14.5. The molecule has 3 aromatic carbocycles. The highest BCUT2D eigenvalue weighted by molar-refractivity contribution is 7.89. The summed E-state index contributed by atoms with van der Waals surface area (Å²) in [6.07, 6.45) is 6.50. The van der Waals surface area contributed by atoms with Crippen LogP contribution in [0.2, 0.25) is 5.04 Å². The van der Waals surface area contributed by atoms with Crippen LogP contribution in [0.3, 0.4) is 0 Å². The van der Waals surface area contributed by atoms with Crippen LogP contribution >= 0.6 is 0 Å². The molecule has 3 aromatic rings. The molecule has 4 rings (SSSR count). The maximum atomic E-state index is 13.9. The van der Waals surface area contributed by atoms with E-state index in [4.69, 9.17) is 4.43 Å². The molecule has 0 aliphatic heterocycles. The van der Waals surface area contributed by atoms with Crippen molar-refractivity contribution in [1.29, 1.82) is 0 Å². The Labute approximate surface area is 236 Å². The van der Waals surface area contributed by atoms with Crippen LogP contribution in [0.1, 0.15) is 45.6 Å². The van der Waals surface area contributed by atoms with E-state index in [1.165, 1.54) is 10.4 Å². The predicted octanol–water partition coefficient (Wildman–Crippen LogP) is 6.23. The van der Waals surface area contributed by atoms with Gasteiger partial charge in [0.2, 0.25) is 10.0 Å². The summed E-state index contributed by atoms with van der Waals surface area (Å²) in [6.45, 7) is 13.3. The third kappa shape index (κ3) is 6.04. The number of nitrogens with zero attached hydrogens (tertiary/aromatic N) is 1. The first-order chi connectivity index (χ1) is 18.6. The lowest BCUT2D eigenvalue weighted by Gasteiger charge is -2.44. The normalized spacial score (nSPS) is 16.6. The van der Waals surface area contributed by atoms with Crippen molar-refractivity contribution in [2.24, 2.45) is 0 Å². The molecule has 0 amide bonds. The zero-order valence-electron chi connectivity index (χ0n) is 23.6. The smallest absolute Gasteiger partial charge is 0.261 e. The van der Waals surface area contributed by atoms with Crippen molar-refractivity contribution in [2.45, 2.75) is 62.9 Å². The van der Waals surface area contributed by atoms with Crippen molar-refractivity contribution in [3.05, 3.63) is 115 Å². The third-order valence-electron chi connectivity index (χ3n) is 7.67. The molecule has 4 nitrogen and oxygen atoms in total. The number of aryl methyl sites for hydroxylation is 1. The molecule has 0 saturated carbocycles. The van der Waals surface area contributed by atoms with Crippen LogP contribution in [-0.4, -0.2) is 40.2 Å². The Balaban J connectivity index is 1.74. The highest BCUT2D eigenvalue weighted by atomic mass is 32.2. The predicted molar refractivity (Wildman–Crippen MR) is 165 cm³/mol. The van der Waals surface area contributed by atoms with Gasteiger partial charge in [-0.1, -0.05) is 111 Å². The van der Waals surface area contributed by atoms with Gasteiger partial charge in [0.05, 0.1) is 11.5 Å². The fourth-order valence-corrected chi connectivity index (χ4v) is 11.9. The Bertz CT molecular complexity index is 1340. The average Bonchev–Trinajstić information content (AvgIpc) is 2.93. The first-order valence-electron chi connectivity index (χ1n) is 13.7. The van der Waals surface area contributed by atoms with Gasteiger partial charge in [0, 0.05) is 12.6 Å². The van der Waals surface area contributed by atoms with Gasteiger partial charge in [-0.3, -0.25) is 0 Å². The molecule has 0 fully saturated rings. The lowest BCUT2D eigenvalue weighted by atomic mass is 9.94. The summed E-state index contributed by atoms with van der Waals surface area (Å²) in [5, 5.41) is 2.27. The Morgan fingerprint density at radius 2 is 1.51 bits per heavy atom. The molecular weight excluding hydrogens is 519 g/mol. The second-order valence-corrected chi connectivity index (χ2v) is 17.6. The van der Waals surface area contributed by atoms with Crippen LogP contribution in [0.25, 0.3) is 0 Å². The maximum Gasteiger partial charge on any atom is 0.261 e. The summed E-state index contributed by atoms with van der Waals surface area (Å²) in [6, 6.07) is 28.0. The average molecular weight is 560 g/mol. The molecule has 0 saturated heterocycles. The molecule has 0 aromatic heterocycles. The van der Waals surface area contributed by atoms with Crippen molar-refractivity contribution in [3.63, 3.8) is 0 Å². The van der Waals surface area contributed by atoms with E-state index >= 15 is 0 Å². The van der Waals surface area contributed by atoms with Crippen molar-refractivity contribution in [2.75, 3.05) is 13.2 Å². The maximum absolute atomic E-state index is 13.9. The highest BCUT2D eigenvalue weighted by Gasteiger charge is 2.50. The van der Waals surface area contributed by atoms with E-state index < -0.39 is 18.3 Å². The van der Waals surface area contributed by atoms with E-state index in [2.05, 4.69) is 82.0 Å². The van der Waals surface area contributed by atoms with Gasteiger partial charge in [0.25, 0.3) is 8.32 Å². The Hall–Kier alpha value is -2.77. The lowest BCUT2D eigenvalue weighted by Crippen LogP contribution is -2.66. The monoisotopic (exact) mass is 559 g/mol. The quantitative estimate of drug-likeness (QED) is 0.219. The molecule has 39 heavy (non-hydrogen) atoms. The number of rotatable bonds is 10. The zero-order valence-corrected chi connectivity index (χ0v) is 25.5. The number of allylic oxidation sites excluding steroid dienone is 1. The van der Waals surface area contributed by atoms with Gasteiger partial charge in [-0.15, -0.1) is 6.58 Å². The van der Waals surface area contributed by atoms with Crippen molar-refractivity contribution in [1.82, 2.24) is 4.31 Å². The summed E-state index contributed by atoms with van der Waals surface area (Å²) in [4.78, 5) is 0.313. The van der Waals surface area contributed by atoms with Crippen LogP contribution < -0.4 is 10.4 Å². The van der Waals surface area contributed by atoms with Gasteiger partial charge in [-0.2, -0.15) is 4.31 Å². The number of hydrogen-bond acceptors (Lipinski definition) is 3. The zero-order chi connectivity index (χ0) is 28.1. The van der Waals surface area contributed by atoms with E-state index in [1.54, 1.807) is 22.5 Å². The number of sulfonamides is 1. The van der Waals surface area contributed by atoms with E-state index in [-0.39, 0.29) is 17.6 Å². The molecule has 0 heterocycles. The van der Waals surface area contributed by atoms with Gasteiger partial charge in [0.1, 0.15) is 0 Å².